The van der Waals surface area contributed by atoms with Gasteiger partial charge >= 0.3 is 6.18 Å². The Labute approximate surface area is 140 Å². The number of hydrogen-bond acceptors (Lipinski definition) is 4. The van der Waals surface area contributed by atoms with Crippen LogP contribution in [0, 0.1) is 0 Å². The fourth-order valence-electron chi connectivity index (χ4n) is 3.22. The van der Waals surface area contributed by atoms with E-state index in [-0.39, 0.29) is 0 Å². The van der Waals surface area contributed by atoms with Crippen LogP contribution in [0.15, 0.2) is 18.2 Å². The average Bonchev–Trinajstić information content (AvgIpc) is 2.57. The number of benzene rings is 1. The van der Waals surface area contributed by atoms with Crippen LogP contribution in [0.2, 0.25) is 0 Å². The third-order valence-electron chi connectivity index (χ3n) is 4.75. The fraction of sp³-hybridized carbons (Fsp3) is 0.647. The molecule has 0 N–H and O–H groups in total. The van der Waals surface area contributed by atoms with Crippen LogP contribution in [0.5, 0.6) is 0 Å². The zero-order valence-electron chi connectivity index (χ0n) is 14.0. The lowest BCUT2D eigenvalue weighted by Crippen LogP contribution is -2.44. The fourth-order valence-corrected chi connectivity index (χ4v) is 3.22. The second-order valence-corrected chi connectivity index (χ2v) is 6.52. The van der Waals surface area contributed by atoms with Crippen molar-refractivity contribution in [3.05, 3.63) is 29.3 Å². The first-order valence-corrected chi connectivity index (χ1v) is 8.37. The first-order valence-electron chi connectivity index (χ1n) is 8.37. The van der Waals surface area contributed by atoms with Crippen LogP contribution >= 0.6 is 0 Å². The number of halogens is 3. The SMILES string of the molecule is CN1CCN(Cc2ccc(C(F)(F)F)cc2N2CCOCC2)CC1. The molecule has 24 heavy (non-hydrogen) atoms. The van der Waals surface area contributed by atoms with Crippen molar-refractivity contribution in [3.8, 4) is 0 Å². The number of hydrogen-bond donors (Lipinski definition) is 0. The van der Waals surface area contributed by atoms with E-state index in [0.29, 0.717) is 38.5 Å². The topological polar surface area (TPSA) is 19.0 Å². The van der Waals surface area contributed by atoms with E-state index in [2.05, 4.69) is 16.8 Å². The molecule has 2 saturated heterocycles. The molecule has 0 aliphatic carbocycles. The summed E-state index contributed by atoms with van der Waals surface area (Å²) >= 11 is 0. The Morgan fingerprint density at radius 3 is 2.29 bits per heavy atom. The van der Waals surface area contributed by atoms with Crippen LogP contribution in [0.4, 0.5) is 18.9 Å². The molecule has 0 atom stereocenters. The van der Waals surface area contributed by atoms with Gasteiger partial charge in [0.15, 0.2) is 0 Å². The van der Waals surface area contributed by atoms with E-state index in [1.807, 2.05) is 4.90 Å². The van der Waals surface area contributed by atoms with Gasteiger partial charge in [0, 0.05) is 51.5 Å². The second-order valence-electron chi connectivity index (χ2n) is 6.52. The van der Waals surface area contributed by atoms with E-state index in [1.54, 1.807) is 6.07 Å². The van der Waals surface area contributed by atoms with Crippen LogP contribution in [0.3, 0.4) is 0 Å². The predicted octanol–water partition coefficient (Wildman–Crippen LogP) is 2.29. The lowest BCUT2D eigenvalue weighted by atomic mass is 10.1. The Morgan fingerprint density at radius 1 is 1.00 bits per heavy atom. The van der Waals surface area contributed by atoms with Crippen LogP contribution in [0.25, 0.3) is 0 Å². The molecule has 2 fully saturated rings. The van der Waals surface area contributed by atoms with Crippen molar-refractivity contribution in [2.24, 2.45) is 0 Å². The Hall–Kier alpha value is -1.31. The Morgan fingerprint density at radius 2 is 1.67 bits per heavy atom. The minimum atomic E-state index is -4.31. The minimum Gasteiger partial charge on any atom is -0.378 e. The number of ether oxygens (including phenoxy) is 1. The van der Waals surface area contributed by atoms with Gasteiger partial charge in [-0.25, -0.2) is 0 Å². The molecule has 0 aromatic heterocycles. The number of nitrogens with zero attached hydrogens (tertiary/aromatic N) is 3. The summed E-state index contributed by atoms with van der Waals surface area (Å²) in [5.74, 6) is 0. The molecule has 0 amide bonds. The van der Waals surface area contributed by atoms with Gasteiger partial charge in [0.1, 0.15) is 0 Å². The summed E-state index contributed by atoms with van der Waals surface area (Å²) in [7, 11) is 2.09. The van der Waals surface area contributed by atoms with E-state index < -0.39 is 11.7 Å². The molecule has 0 unspecified atom stereocenters. The smallest absolute Gasteiger partial charge is 0.378 e. The number of piperazine rings is 1. The van der Waals surface area contributed by atoms with Crippen molar-refractivity contribution in [2.45, 2.75) is 12.7 Å². The van der Waals surface area contributed by atoms with Crippen molar-refractivity contribution in [3.63, 3.8) is 0 Å². The zero-order valence-corrected chi connectivity index (χ0v) is 14.0. The first-order chi connectivity index (χ1) is 11.4. The summed E-state index contributed by atoms with van der Waals surface area (Å²) in [5.41, 5.74) is 1.09. The normalized spacial score (nSPS) is 21.2. The lowest BCUT2D eigenvalue weighted by Gasteiger charge is -2.35. The molecule has 0 spiro atoms. The monoisotopic (exact) mass is 343 g/mol. The Balaban J connectivity index is 1.83. The number of morpholine rings is 1. The predicted molar refractivity (Wildman–Crippen MR) is 87.3 cm³/mol. The molecule has 0 radical (unpaired) electrons. The number of anilines is 1. The van der Waals surface area contributed by atoms with Gasteiger partial charge in [-0.1, -0.05) is 6.07 Å². The molecule has 2 heterocycles. The largest absolute Gasteiger partial charge is 0.416 e. The molecule has 2 aliphatic heterocycles. The maximum Gasteiger partial charge on any atom is 0.416 e. The average molecular weight is 343 g/mol. The standard InChI is InChI=1S/C17H24F3N3O/c1-21-4-6-22(7-5-21)13-14-2-3-15(17(18,19)20)12-16(14)23-8-10-24-11-9-23/h2-3,12H,4-11,13H2,1H3. The molecule has 134 valence electrons. The van der Waals surface area contributed by atoms with E-state index in [4.69, 9.17) is 4.74 Å². The Bertz CT molecular complexity index is 551. The van der Waals surface area contributed by atoms with Gasteiger partial charge in [-0.05, 0) is 24.7 Å². The lowest BCUT2D eigenvalue weighted by molar-refractivity contribution is -0.137. The molecule has 3 rings (SSSR count). The van der Waals surface area contributed by atoms with Crippen molar-refractivity contribution in [1.29, 1.82) is 0 Å². The van der Waals surface area contributed by atoms with Gasteiger partial charge in [0.25, 0.3) is 0 Å². The molecule has 2 aliphatic rings. The summed E-state index contributed by atoms with van der Waals surface area (Å²) in [6.45, 7) is 6.96. The van der Waals surface area contributed by atoms with Gasteiger partial charge in [0.05, 0.1) is 18.8 Å². The maximum atomic E-state index is 13.1. The van der Waals surface area contributed by atoms with Crippen LogP contribution in [0.1, 0.15) is 11.1 Å². The number of rotatable bonds is 3. The van der Waals surface area contributed by atoms with Gasteiger partial charge < -0.3 is 14.5 Å². The van der Waals surface area contributed by atoms with Gasteiger partial charge in [0.2, 0.25) is 0 Å². The highest BCUT2D eigenvalue weighted by molar-refractivity contribution is 5.56. The quantitative estimate of drug-likeness (QED) is 0.838. The summed E-state index contributed by atoms with van der Waals surface area (Å²) in [5, 5.41) is 0. The van der Waals surface area contributed by atoms with Crippen LogP contribution in [-0.2, 0) is 17.5 Å². The zero-order chi connectivity index (χ0) is 17.2. The number of likely N-dealkylation sites (N-methyl/N-ethyl adjacent to an activating group) is 1. The Kier molecular flexibility index (Phi) is 5.32. The summed E-state index contributed by atoms with van der Waals surface area (Å²) in [6, 6.07) is 4.15. The minimum absolute atomic E-state index is 0.560. The van der Waals surface area contributed by atoms with Crippen molar-refractivity contribution in [2.75, 3.05) is 64.4 Å². The van der Waals surface area contributed by atoms with Crippen molar-refractivity contribution in [1.82, 2.24) is 9.80 Å². The molecular formula is C17H24F3N3O. The molecule has 1 aromatic carbocycles. The van der Waals surface area contributed by atoms with Gasteiger partial charge in [-0.2, -0.15) is 13.2 Å². The second kappa shape index (κ2) is 7.29. The van der Waals surface area contributed by atoms with Crippen molar-refractivity contribution >= 4 is 5.69 Å². The molecular weight excluding hydrogens is 319 g/mol. The third-order valence-corrected chi connectivity index (χ3v) is 4.75. The summed E-state index contributed by atoms with van der Waals surface area (Å²) in [4.78, 5) is 6.60. The number of alkyl halides is 3. The van der Waals surface area contributed by atoms with E-state index >= 15 is 0 Å². The molecule has 7 heteroatoms. The molecule has 0 bridgehead atoms. The highest BCUT2D eigenvalue weighted by atomic mass is 19.4. The van der Waals surface area contributed by atoms with Crippen molar-refractivity contribution < 1.29 is 17.9 Å². The summed E-state index contributed by atoms with van der Waals surface area (Å²) < 4.78 is 44.7. The highest BCUT2D eigenvalue weighted by Crippen LogP contribution is 2.34. The van der Waals surface area contributed by atoms with Gasteiger partial charge in [-0.15, -0.1) is 0 Å². The van der Waals surface area contributed by atoms with E-state index in [9.17, 15) is 13.2 Å². The summed E-state index contributed by atoms with van der Waals surface area (Å²) in [6.07, 6.45) is -4.31. The van der Waals surface area contributed by atoms with Crippen LogP contribution in [-0.4, -0.2) is 69.3 Å². The first kappa shape index (κ1) is 17.5. The molecule has 4 nitrogen and oxygen atoms in total. The molecule has 1 aromatic rings. The van der Waals surface area contributed by atoms with E-state index in [0.717, 1.165) is 31.7 Å². The third kappa shape index (κ3) is 4.20. The molecule has 0 saturated carbocycles. The van der Waals surface area contributed by atoms with Crippen LogP contribution < -0.4 is 4.90 Å². The maximum absolute atomic E-state index is 13.1. The highest BCUT2D eigenvalue weighted by Gasteiger charge is 2.32. The van der Waals surface area contributed by atoms with Gasteiger partial charge in [-0.3, -0.25) is 4.90 Å². The van der Waals surface area contributed by atoms with E-state index in [1.165, 1.54) is 12.1 Å².